The molecule has 1 fully saturated rings. The van der Waals surface area contributed by atoms with Crippen LogP contribution in [-0.2, 0) is 26.7 Å². The summed E-state index contributed by atoms with van der Waals surface area (Å²) < 4.78 is 0. The first-order valence-electron chi connectivity index (χ1n) is 6.10. The Morgan fingerprint density at radius 2 is 1.20 bits per heavy atom. The van der Waals surface area contributed by atoms with Crippen molar-refractivity contribution in [1.29, 1.82) is 0 Å². The van der Waals surface area contributed by atoms with Crippen molar-refractivity contribution in [3.8, 4) is 0 Å². The summed E-state index contributed by atoms with van der Waals surface area (Å²) in [5.41, 5.74) is 0.169. The molecule has 1 rings (SSSR count). The maximum atomic E-state index is 9.54. The fraction of sp³-hybridized carbons (Fsp3) is 0.846. The molecule has 0 aromatic carbocycles. The smallest absolute Gasteiger partial charge is 0.550 e. The van der Waals surface area contributed by atoms with Crippen molar-refractivity contribution in [3.63, 3.8) is 0 Å². The number of aliphatic hydroxyl groups excluding tert-OH is 1. The molecular weight excluding hydrogens is 305 g/mol. The third-order valence-electron chi connectivity index (χ3n) is 2.17. The van der Waals surface area contributed by atoms with Crippen LogP contribution in [0.2, 0.25) is 0 Å². The second kappa shape index (κ2) is 10.2. The summed E-state index contributed by atoms with van der Waals surface area (Å²) in [5.74, 6) is -2.17. The van der Waals surface area contributed by atoms with Gasteiger partial charge in [-0.05, 0) is 54.4 Å². The Hall–Kier alpha value is -0.621. The van der Waals surface area contributed by atoms with Gasteiger partial charge in [0.15, 0.2) is 0 Å². The Morgan fingerprint density at radius 1 is 1.00 bits per heavy atom. The number of carboxylic acid groups (broad SMARTS) is 2. The van der Waals surface area contributed by atoms with E-state index in [1.807, 2.05) is 0 Å². The maximum absolute atomic E-state index is 9.54. The minimum atomic E-state index is -1.08. The van der Waals surface area contributed by atoms with E-state index >= 15 is 0 Å². The van der Waals surface area contributed by atoms with Gasteiger partial charge in [-0.2, -0.15) is 0 Å². The molecular formula is C13H25MnNO5. The van der Waals surface area contributed by atoms with Crippen LogP contribution in [0.15, 0.2) is 0 Å². The van der Waals surface area contributed by atoms with E-state index in [4.69, 9.17) is 19.8 Å². The molecule has 0 amide bonds. The minimum Gasteiger partial charge on any atom is -0.550 e. The zero-order chi connectivity index (χ0) is 15.9. The summed E-state index contributed by atoms with van der Waals surface area (Å²) in [7, 11) is 0. The molecule has 1 aliphatic heterocycles. The van der Waals surface area contributed by atoms with E-state index < -0.39 is 11.9 Å². The number of aliphatic carboxylic acids is 2. The molecule has 1 heterocycles. The van der Waals surface area contributed by atoms with Gasteiger partial charge in [-0.25, -0.2) is 0 Å². The average molecular weight is 330 g/mol. The van der Waals surface area contributed by atoms with Crippen LogP contribution in [0.3, 0.4) is 0 Å². The van der Waals surface area contributed by atoms with Crippen molar-refractivity contribution in [2.24, 2.45) is 0 Å². The van der Waals surface area contributed by atoms with Gasteiger partial charge in [0, 0.05) is 23.0 Å². The molecule has 20 heavy (non-hydrogen) atoms. The molecule has 7 heteroatoms. The van der Waals surface area contributed by atoms with E-state index in [0.717, 1.165) is 26.7 Å². The van der Waals surface area contributed by atoms with Gasteiger partial charge in [-0.3, -0.25) is 0 Å². The first-order chi connectivity index (χ1) is 8.27. The van der Waals surface area contributed by atoms with Gasteiger partial charge in [0.25, 0.3) is 0 Å². The van der Waals surface area contributed by atoms with Crippen LogP contribution in [-0.4, -0.2) is 34.2 Å². The van der Waals surface area contributed by atoms with Crippen LogP contribution in [0, 0.1) is 0 Å². The summed E-state index contributed by atoms with van der Waals surface area (Å²) in [6.07, 6.45) is 1.58. The Labute approximate surface area is 131 Å². The monoisotopic (exact) mass is 330 g/mol. The number of rotatable bonds is 0. The molecule has 6 nitrogen and oxygen atoms in total. The number of hydrogen-bond donors (Lipinski definition) is 2. The van der Waals surface area contributed by atoms with Gasteiger partial charge in [-0.1, -0.05) is 0 Å². The number of nitrogens with one attached hydrogen (secondary N) is 1. The number of carbonyl (C=O) groups is 2. The van der Waals surface area contributed by atoms with Crippen molar-refractivity contribution >= 4 is 11.9 Å². The first kappa shape index (κ1) is 24.4. The van der Waals surface area contributed by atoms with E-state index in [1.165, 1.54) is 0 Å². The second-order valence-electron chi connectivity index (χ2n) is 5.94. The summed E-state index contributed by atoms with van der Waals surface area (Å²) in [5, 5.41) is 30.8. The van der Waals surface area contributed by atoms with Crippen molar-refractivity contribution in [1.82, 2.24) is 5.32 Å². The first-order valence-corrected chi connectivity index (χ1v) is 6.10. The van der Waals surface area contributed by atoms with Gasteiger partial charge in [0.1, 0.15) is 0 Å². The molecule has 1 saturated heterocycles. The number of aliphatic hydroxyl groups is 1. The van der Waals surface area contributed by atoms with E-state index in [0.29, 0.717) is 0 Å². The van der Waals surface area contributed by atoms with E-state index in [-0.39, 0.29) is 34.3 Å². The van der Waals surface area contributed by atoms with Crippen molar-refractivity contribution in [2.75, 3.05) is 0 Å². The third-order valence-corrected chi connectivity index (χ3v) is 2.17. The fourth-order valence-electron chi connectivity index (χ4n) is 2.27. The quantitative estimate of drug-likeness (QED) is 0.540. The van der Waals surface area contributed by atoms with Crippen molar-refractivity contribution < 1.29 is 42.0 Å². The molecule has 119 valence electrons. The second-order valence-corrected chi connectivity index (χ2v) is 5.94. The molecule has 0 aliphatic carbocycles. The Bertz CT molecular complexity index is 269. The SMILES string of the molecule is CC(=O)[O-].CC(=O)[O-].CC1(C)CC(O)CC(C)(C)N1.[Mn+2]. The molecule has 0 unspecified atom stereocenters. The van der Waals surface area contributed by atoms with Crippen LogP contribution >= 0.6 is 0 Å². The van der Waals surface area contributed by atoms with Crippen LogP contribution in [0.5, 0.6) is 0 Å². The Morgan fingerprint density at radius 3 is 1.35 bits per heavy atom. The zero-order valence-electron chi connectivity index (χ0n) is 12.9. The van der Waals surface area contributed by atoms with E-state index in [1.54, 1.807) is 0 Å². The molecule has 0 bridgehead atoms. The number of piperidine rings is 1. The topological polar surface area (TPSA) is 113 Å². The molecule has 1 radical (unpaired) electrons. The van der Waals surface area contributed by atoms with Crippen LogP contribution in [0.25, 0.3) is 0 Å². The van der Waals surface area contributed by atoms with Crippen LogP contribution in [0.1, 0.15) is 54.4 Å². The van der Waals surface area contributed by atoms with Gasteiger partial charge in [0.2, 0.25) is 0 Å². The van der Waals surface area contributed by atoms with Crippen molar-refractivity contribution in [2.45, 2.75) is 71.6 Å². The van der Waals surface area contributed by atoms with Crippen LogP contribution < -0.4 is 15.5 Å². The van der Waals surface area contributed by atoms with Crippen molar-refractivity contribution in [3.05, 3.63) is 0 Å². The zero-order valence-corrected chi connectivity index (χ0v) is 14.1. The molecule has 2 N–H and O–H groups in total. The Kier molecular flexibility index (Phi) is 12.4. The number of carboxylic acids is 2. The molecule has 1 aliphatic rings. The maximum Gasteiger partial charge on any atom is 2.00 e. The summed E-state index contributed by atoms with van der Waals surface area (Å²) >= 11 is 0. The molecule has 0 saturated carbocycles. The summed E-state index contributed by atoms with van der Waals surface area (Å²) in [6, 6.07) is 0. The van der Waals surface area contributed by atoms with E-state index in [9.17, 15) is 5.11 Å². The number of hydrogen-bond acceptors (Lipinski definition) is 6. The third kappa shape index (κ3) is 19.7. The Balaban J connectivity index is -0.000000272. The average Bonchev–Trinajstić information content (AvgIpc) is 1.91. The standard InChI is InChI=1S/C9H19NO.2C2H4O2.Mn/c1-8(2)5-7(11)6-9(3,4)10-8;2*1-2(3)4;/h7,10-11H,5-6H2,1-4H3;2*1H3,(H,3,4);/q;;;+2/p-2. The van der Waals surface area contributed by atoms with Crippen LogP contribution in [0.4, 0.5) is 0 Å². The predicted octanol–water partition coefficient (Wildman–Crippen LogP) is -1.20. The van der Waals surface area contributed by atoms with E-state index in [2.05, 4.69) is 33.0 Å². The van der Waals surface area contributed by atoms with Gasteiger partial charge in [-0.15, -0.1) is 0 Å². The molecule has 0 spiro atoms. The van der Waals surface area contributed by atoms with Gasteiger partial charge in [0.05, 0.1) is 6.10 Å². The van der Waals surface area contributed by atoms with Gasteiger partial charge >= 0.3 is 17.1 Å². The number of carbonyl (C=O) groups excluding carboxylic acids is 2. The summed E-state index contributed by atoms with van der Waals surface area (Å²) in [6.45, 7) is 10.5. The summed E-state index contributed by atoms with van der Waals surface area (Å²) in [4.78, 5) is 17.8. The van der Waals surface area contributed by atoms with Gasteiger partial charge < -0.3 is 30.2 Å². The largest absolute Gasteiger partial charge is 2.00 e. The molecule has 0 atom stereocenters. The normalized spacial score (nSPS) is 19.1. The predicted molar refractivity (Wildman–Crippen MR) is 67.9 cm³/mol. The molecule has 0 aromatic rings. The molecule has 0 aromatic heterocycles. The minimum absolute atomic E-state index is 0. The fourth-order valence-corrected chi connectivity index (χ4v) is 2.27.